The summed E-state index contributed by atoms with van der Waals surface area (Å²) in [6, 6.07) is 2.93. The number of aromatic amines is 1. The minimum absolute atomic E-state index is 0.350. The van der Waals surface area contributed by atoms with Crippen molar-refractivity contribution in [1.29, 1.82) is 0 Å². The molecule has 0 spiro atoms. The van der Waals surface area contributed by atoms with Gasteiger partial charge in [-0.25, -0.2) is 0 Å². The molecule has 0 aliphatic rings. The summed E-state index contributed by atoms with van der Waals surface area (Å²) < 4.78 is 0. The van der Waals surface area contributed by atoms with E-state index in [1.54, 1.807) is 6.20 Å². The lowest BCUT2D eigenvalue weighted by atomic mass is 9.95. The Morgan fingerprint density at radius 3 is 2.47 bits per heavy atom. The van der Waals surface area contributed by atoms with Gasteiger partial charge in [0.15, 0.2) is 0 Å². The summed E-state index contributed by atoms with van der Waals surface area (Å²) in [6.07, 6.45) is 4.27. The molecular weight excluding hydrogens is 186 g/mol. The first-order valence-corrected chi connectivity index (χ1v) is 5.94. The SMILES string of the molecule is CCC(CC)C(C)NC(C)c1ccn[nH]1. The Kier molecular flexibility index (Phi) is 4.82. The molecule has 1 aromatic heterocycles. The molecule has 3 heteroatoms. The first-order valence-electron chi connectivity index (χ1n) is 5.94. The Hall–Kier alpha value is -0.830. The molecule has 0 radical (unpaired) electrons. The molecule has 0 aromatic carbocycles. The molecule has 2 unspecified atom stereocenters. The van der Waals surface area contributed by atoms with E-state index in [2.05, 4.69) is 43.2 Å². The van der Waals surface area contributed by atoms with E-state index >= 15 is 0 Å². The summed E-state index contributed by atoms with van der Waals surface area (Å²) in [5.41, 5.74) is 1.16. The summed E-state index contributed by atoms with van der Waals surface area (Å²) in [4.78, 5) is 0. The number of rotatable bonds is 6. The molecule has 0 fully saturated rings. The van der Waals surface area contributed by atoms with Crippen LogP contribution in [0.3, 0.4) is 0 Å². The van der Waals surface area contributed by atoms with Crippen LogP contribution in [0.5, 0.6) is 0 Å². The highest BCUT2D eigenvalue weighted by atomic mass is 15.1. The average Bonchev–Trinajstić information content (AvgIpc) is 2.72. The Morgan fingerprint density at radius 1 is 1.33 bits per heavy atom. The van der Waals surface area contributed by atoms with E-state index in [0.717, 1.165) is 11.6 Å². The molecule has 2 N–H and O–H groups in total. The fraction of sp³-hybridized carbons (Fsp3) is 0.750. The fourth-order valence-electron chi connectivity index (χ4n) is 2.12. The number of hydrogen-bond donors (Lipinski definition) is 2. The zero-order valence-corrected chi connectivity index (χ0v) is 10.2. The van der Waals surface area contributed by atoms with E-state index in [4.69, 9.17) is 0 Å². The first kappa shape index (κ1) is 12.2. The van der Waals surface area contributed by atoms with Crippen LogP contribution >= 0.6 is 0 Å². The molecule has 1 heterocycles. The molecule has 0 amide bonds. The molecule has 0 saturated carbocycles. The van der Waals surface area contributed by atoms with E-state index in [-0.39, 0.29) is 0 Å². The minimum atomic E-state index is 0.350. The third-order valence-corrected chi connectivity index (χ3v) is 3.26. The Bertz CT molecular complexity index is 252. The van der Waals surface area contributed by atoms with Crippen molar-refractivity contribution >= 4 is 0 Å². The molecule has 1 rings (SSSR count). The second-order valence-corrected chi connectivity index (χ2v) is 4.27. The van der Waals surface area contributed by atoms with Crippen molar-refractivity contribution < 1.29 is 0 Å². The van der Waals surface area contributed by atoms with Crippen molar-refractivity contribution in [1.82, 2.24) is 15.5 Å². The maximum absolute atomic E-state index is 3.97. The second-order valence-electron chi connectivity index (χ2n) is 4.27. The van der Waals surface area contributed by atoms with E-state index < -0.39 is 0 Å². The zero-order valence-electron chi connectivity index (χ0n) is 10.2. The van der Waals surface area contributed by atoms with Gasteiger partial charge in [0, 0.05) is 18.3 Å². The van der Waals surface area contributed by atoms with Crippen molar-refractivity contribution in [2.24, 2.45) is 5.92 Å². The van der Waals surface area contributed by atoms with Gasteiger partial charge in [0.1, 0.15) is 0 Å². The first-order chi connectivity index (χ1) is 7.19. The van der Waals surface area contributed by atoms with Crippen LogP contribution in [-0.4, -0.2) is 16.2 Å². The molecule has 2 atom stereocenters. The largest absolute Gasteiger partial charge is 0.306 e. The highest BCUT2D eigenvalue weighted by molar-refractivity contribution is 5.03. The molecule has 0 aliphatic heterocycles. The van der Waals surface area contributed by atoms with Crippen LogP contribution in [0.15, 0.2) is 12.3 Å². The second kappa shape index (κ2) is 5.91. The van der Waals surface area contributed by atoms with Crippen LogP contribution in [0.1, 0.15) is 52.3 Å². The minimum Gasteiger partial charge on any atom is -0.306 e. The van der Waals surface area contributed by atoms with Crippen LogP contribution in [0.25, 0.3) is 0 Å². The van der Waals surface area contributed by atoms with Gasteiger partial charge in [-0.05, 0) is 25.8 Å². The highest BCUT2D eigenvalue weighted by Crippen LogP contribution is 2.16. The lowest BCUT2D eigenvalue weighted by Crippen LogP contribution is -2.35. The Labute approximate surface area is 92.7 Å². The summed E-state index contributed by atoms with van der Waals surface area (Å²) in [5.74, 6) is 0.760. The van der Waals surface area contributed by atoms with E-state index in [1.807, 2.05) is 6.07 Å². The average molecular weight is 209 g/mol. The van der Waals surface area contributed by atoms with Crippen LogP contribution in [0.2, 0.25) is 0 Å². The summed E-state index contributed by atoms with van der Waals surface area (Å²) in [7, 11) is 0. The number of H-pyrrole nitrogens is 1. The van der Waals surface area contributed by atoms with Crippen LogP contribution in [0, 0.1) is 5.92 Å². The van der Waals surface area contributed by atoms with Crippen LogP contribution < -0.4 is 5.32 Å². The highest BCUT2D eigenvalue weighted by Gasteiger charge is 2.16. The van der Waals surface area contributed by atoms with Gasteiger partial charge < -0.3 is 5.32 Å². The van der Waals surface area contributed by atoms with Gasteiger partial charge in [-0.2, -0.15) is 5.10 Å². The van der Waals surface area contributed by atoms with Gasteiger partial charge >= 0.3 is 0 Å². The monoisotopic (exact) mass is 209 g/mol. The quantitative estimate of drug-likeness (QED) is 0.756. The lowest BCUT2D eigenvalue weighted by Gasteiger charge is -2.25. The fourth-order valence-corrected chi connectivity index (χ4v) is 2.12. The van der Waals surface area contributed by atoms with Gasteiger partial charge in [0.25, 0.3) is 0 Å². The molecule has 0 bridgehead atoms. The zero-order chi connectivity index (χ0) is 11.3. The van der Waals surface area contributed by atoms with Crippen molar-refractivity contribution in [2.45, 2.75) is 52.6 Å². The maximum atomic E-state index is 3.97. The van der Waals surface area contributed by atoms with Gasteiger partial charge in [0.05, 0.1) is 5.69 Å². The Morgan fingerprint density at radius 2 is 2.00 bits per heavy atom. The normalized spacial score (nSPS) is 15.5. The predicted molar refractivity (Wildman–Crippen MR) is 63.7 cm³/mol. The molecule has 0 saturated heterocycles. The van der Waals surface area contributed by atoms with Gasteiger partial charge in [-0.15, -0.1) is 0 Å². The maximum Gasteiger partial charge on any atom is 0.0518 e. The van der Waals surface area contributed by atoms with Crippen molar-refractivity contribution in [2.75, 3.05) is 0 Å². The lowest BCUT2D eigenvalue weighted by molar-refractivity contribution is 0.328. The van der Waals surface area contributed by atoms with Gasteiger partial charge in [-0.1, -0.05) is 26.7 Å². The predicted octanol–water partition coefficient (Wildman–Crippen LogP) is 2.89. The Balaban J connectivity index is 2.47. The third kappa shape index (κ3) is 3.34. The molecule has 1 aromatic rings. The number of nitrogens with one attached hydrogen (secondary N) is 2. The molecule has 3 nitrogen and oxygen atoms in total. The van der Waals surface area contributed by atoms with E-state index in [1.165, 1.54) is 12.8 Å². The topological polar surface area (TPSA) is 40.7 Å². The molecular formula is C12H23N3. The van der Waals surface area contributed by atoms with Gasteiger partial charge in [0.2, 0.25) is 0 Å². The number of nitrogens with zero attached hydrogens (tertiary/aromatic N) is 1. The number of hydrogen-bond acceptors (Lipinski definition) is 2. The summed E-state index contributed by atoms with van der Waals surface area (Å²) in [5, 5.41) is 10.6. The van der Waals surface area contributed by atoms with Crippen molar-refractivity contribution in [3.8, 4) is 0 Å². The molecule has 15 heavy (non-hydrogen) atoms. The van der Waals surface area contributed by atoms with Crippen molar-refractivity contribution in [3.63, 3.8) is 0 Å². The van der Waals surface area contributed by atoms with Crippen LogP contribution in [-0.2, 0) is 0 Å². The van der Waals surface area contributed by atoms with E-state index in [9.17, 15) is 0 Å². The summed E-state index contributed by atoms with van der Waals surface area (Å²) in [6.45, 7) is 8.96. The third-order valence-electron chi connectivity index (χ3n) is 3.26. The van der Waals surface area contributed by atoms with Crippen molar-refractivity contribution in [3.05, 3.63) is 18.0 Å². The molecule has 0 aliphatic carbocycles. The molecule has 86 valence electrons. The van der Waals surface area contributed by atoms with Crippen LogP contribution in [0.4, 0.5) is 0 Å². The van der Waals surface area contributed by atoms with Gasteiger partial charge in [-0.3, -0.25) is 5.10 Å². The smallest absolute Gasteiger partial charge is 0.0518 e. The number of aromatic nitrogens is 2. The standard InChI is InChI=1S/C12H23N3/c1-5-11(6-2)9(3)14-10(4)12-7-8-13-15-12/h7-11,14H,5-6H2,1-4H3,(H,13,15). The summed E-state index contributed by atoms with van der Waals surface area (Å²) >= 11 is 0. The van der Waals surface area contributed by atoms with E-state index in [0.29, 0.717) is 12.1 Å².